The second-order valence-corrected chi connectivity index (χ2v) is 4.28. The van der Waals surface area contributed by atoms with Crippen molar-refractivity contribution >= 4 is 5.69 Å². The van der Waals surface area contributed by atoms with Gasteiger partial charge in [0.2, 0.25) is 0 Å². The molecule has 0 aliphatic carbocycles. The molecule has 3 nitrogen and oxygen atoms in total. The highest BCUT2D eigenvalue weighted by atomic mass is 16.3. The summed E-state index contributed by atoms with van der Waals surface area (Å²) < 4.78 is 0. The first-order valence-electron chi connectivity index (χ1n) is 5.64. The molecule has 1 aromatic carbocycles. The Labute approximate surface area is 95.9 Å². The number of anilines is 1. The van der Waals surface area contributed by atoms with Crippen molar-refractivity contribution < 1.29 is 5.11 Å². The lowest BCUT2D eigenvalue weighted by Gasteiger charge is -2.25. The summed E-state index contributed by atoms with van der Waals surface area (Å²) >= 11 is 0. The van der Waals surface area contributed by atoms with Crippen LogP contribution in [0.4, 0.5) is 5.69 Å². The summed E-state index contributed by atoms with van der Waals surface area (Å²) in [4.78, 5) is 2.23. The summed E-state index contributed by atoms with van der Waals surface area (Å²) in [5, 5.41) is 18.1. The highest BCUT2D eigenvalue weighted by Crippen LogP contribution is 2.26. The number of aliphatic hydroxyl groups is 1. The molecule has 0 bridgehead atoms. The molecule has 1 heterocycles. The van der Waals surface area contributed by atoms with E-state index in [9.17, 15) is 5.11 Å². The topological polar surface area (TPSA) is 47.3 Å². The van der Waals surface area contributed by atoms with E-state index in [0.717, 1.165) is 36.2 Å². The SMILES string of the molecule is Cc1cc(N2CCCC2CO)ccc1C#N. The second-order valence-electron chi connectivity index (χ2n) is 4.28. The van der Waals surface area contributed by atoms with Crippen LogP contribution in [0.2, 0.25) is 0 Å². The van der Waals surface area contributed by atoms with Crippen LogP contribution >= 0.6 is 0 Å². The molecule has 1 saturated heterocycles. The Hall–Kier alpha value is -1.53. The molecule has 0 radical (unpaired) electrons. The van der Waals surface area contributed by atoms with Gasteiger partial charge in [-0.25, -0.2) is 0 Å². The van der Waals surface area contributed by atoms with E-state index in [-0.39, 0.29) is 12.6 Å². The first-order chi connectivity index (χ1) is 7.76. The van der Waals surface area contributed by atoms with E-state index in [1.165, 1.54) is 0 Å². The Morgan fingerprint density at radius 2 is 2.38 bits per heavy atom. The van der Waals surface area contributed by atoms with Crippen molar-refractivity contribution in [2.24, 2.45) is 0 Å². The summed E-state index contributed by atoms with van der Waals surface area (Å²) in [7, 11) is 0. The predicted molar refractivity (Wildman–Crippen MR) is 63.3 cm³/mol. The van der Waals surface area contributed by atoms with Crippen LogP contribution in [0.15, 0.2) is 18.2 Å². The number of nitrogens with zero attached hydrogens (tertiary/aromatic N) is 2. The third-order valence-electron chi connectivity index (χ3n) is 3.25. The number of hydrogen-bond acceptors (Lipinski definition) is 3. The van der Waals surface area contributed by atoms with Crippen molar-refractivity contribution in [2.45, 2.75) is 25.8 Å². The van der Waals surface area contributed by atoms with Gasteiger partial charge in [-0.2, -0.15) is 5.26 Å². The van der Waals surface area contributed by atoms with Gasteiger partial charge in [-0.15, -0.1) is 0 Å². The van der Waals surface area contributed by atoms with Gasteiger partial charge >= 0.3 is 0 Å². The fourth-order valence-electron chi connectivity index (χ4n) is 2.32. The zero-order chi connectivity index (χ0) is 11.5. The van der Waals surface area contributed by atoms with Gasteiger partial charge in [-0.1, -0.05) is 0 Å². The van der Waals surface area contributed by atoms with Crippen LogP contribution in [0.3, 0.4) is 0 Å². The number of benzene rings is 1. The molecule has 0 aromatic heterocycles. The Balaban J connectivity index is 2.28. The highest BCUT2D eigenvalue weighted by molar-refractivity contribution is 5.54. The molecule has 3 heteroatoms. The number of nitriles is 1. The zero-order valence-corrected chi connectivity index (χ0v) is 9.48. The molecule has 84 valence electrons. The maximum absolute atomic E-state index is 9.27. The van der Waals surface area contributed by atoms with Crippen LogP contribution in [0.25, 0.3) is 0 Å². The van der Waals surface area contributed by atoms with E-state index in [2.05, 4.69) is 11.0 Å². The Morgan fingerprint density at radius 1 is 1.56 bits per heavy atom. The third kappa shape index (κ3) is 1.89. The molecule has 2 rings (SSSR count). The standard InChI is InChI=1S/C13H16N2O/c1-10-7-12(5-4-11(10)8-14)15-6-2-3-13(15)9-16/h4-5,7,13,16H,2-3,6,9H2,1H3. The number of aryl methyl sites for hydroxylation is 1. The molecule has 1 atom stereocenters. The molecular formula is C13H16N2O. The molecule has 1 N–H and O–H groups in total. The monoisotopic (exact) mass is 216 g/mol. The van der Waals surface area contributed by atoms with E-state index >= 15 is 0 Å². The van der Waals surface area contributed by atoms with E-state index in [1.54, 1.807) is 0 Å². The summed E-state index contributed by atoms with van der Waals surface area (Å²) in [6.07, 6.45) is 2.18. The lowest BCUT2D eigenvalue weighted by atomic mass is 10.1. The average molecular weight is 216 g/mol. The summed E-state index contributed by atoms with van der Waals surface area (Å²) in [5.41, 5.74) is 2.85. The molecule has 16 heavy (non-hydrogen) atoms. The lowest BCUT2D eigenvalue weighted by Crippen LogP contribution is -2.32. The van der Waals surface area contributed by atoms with E-state index in [4.69, 9.17) is 5.26 Å². The summed E-state index contributed by atoms with van der Waals surface area (Å²) in [5.74, 6) is 0. The Morgan fingerprint density at radius 3 is 3.00 bits per heavy atom. The lowest BCUT2D eigenvalue weighted by molar-refractivity contribution is 0.266. The average Bonchev–Trinajstić information content (AvgIpc) is 2.77. The second kappa shape index (κ2) is 4.54. The van der Waals surface area contributed by atoms with Crippen LogP contribution in [-0.4, -0.2) is 24.3 Å². The molecule has 1 aromatic rings. The molecule has 1 aliphatic rings. The minimum absolute atomic E-state index is 0.207. The van der Waals surface area contributed by atoms with E-state index < -0.39 is 0 Å². The van der Waals surface area contributed by atoms with E-state index in [0.29, 0.717) is 0 Å². The van der Waals surface area contributed by atoms with Gasteiger partial charge in [0.15, 0.2) is 0 Å². The van der Waals surface area contributed by atoms with Gasteiger partial charge in [-0.05, 0) is 43.5 Å². The Kier molecular flexibility index (Phi) is 3.12. The van der Waals surface area contributed by atoms with Crippen LogP contribution in [0, 0.1) is 18.3 Å². The van der Waals surface area contributed by atoms with Gasteiger partial charge in [0.1, 0.15) is 0 Å². The summed E-state index contributed by atoms with van der Waals surface area (Å²) in [6.45, 7) is 3.15. The van der Waals surface area contributed by atoms with E-state index in [1.807, 2.05) is 25.1 Å². The number of rotatable bonds is 2. The number of hydrogen-bond donors (Lipinski definition) is 1. The van der Waals surface area contributed by atoms with Crippen LogP contribution in [0.1, 0.15) is 24.0 Å². The maximum atomic E-state index is 9.27. The van der Waals surface area contributed by atoms with Crippen molar-refractivity contribution in [1.29, 1.82) is 5.26 Å². The fourth-order valence-corrected chi connectivity index (χ4v) is 2.32. The fraction of sp³-hybridized carbons (Fsp3) is 0.462. The molecule has 1 fully saturated rings. The van der Waals surface area contributed by atoms with Crippen molar-refractivity contribution in [1.82, 2.24) is 0 Å². The smallest absolute Gasteiger partial charge is 0.0994 e. The zero-order valence-electron chi connectivity index (χ0n) is 9.48. The minimum Gasteiger partial charge on any atom is -0.394 e. The van der Waals surface area contributed by atoms with Crippen molar-refractivity contribution in [3.63, 3.8) is 0 Å². The van der Waals surface area contributed by atoms with Gasteiger partial charge in [0, 0.05) is 12.2 Å². The predicted octanol–water partition coefficient (Wildman–Crippen LogP) is 1.83. The highest BCUT2D eigenvalue weighted by Gasteiger charge is 2.23. The molecule has 1 unspecified atom stereocenters. The van der Waals surface area contributed by atoms with Crippen LogP contribution in [-0.2, 0) is 0 Å². The van der Waals surface area contributed by atoms with Gasteiger partial charge in [0.25, 0.3) is 0 Å². The normalized spacial score (nSPS) is 19.8. The maximum Gasteiger partial charge on any atom is 0.0994 e. The first kappa shape index (κ1) is 11.0. The van der Waals surface area contributed by atoms with Gasteiger partial charge in [-0.3, -0.25) is 0 Å². The molecule has 0 amide bonds. The largest absolute Gasteiger partial charge is 0.394 e. The van der Waals surface area contributed by atoms with Crippen molar-refractivity contribution in [3.8, 4) is 6.07 Å². The first-order valence-corrected chi connectivity index (χ1v) is 5.64. The quantitative estimate of drug-likeness (QED) is 0.820. The minimum atomic E-state index is 0.207. The van der Waals surface area contributed by atoms with Crippen LogP contribution < -0.4 is 4.90 Å². The molecule has 0 saturated carbocycles. The van der Waals surface area contributed by atoms with Crippen LogP contribution in [0.5, 0.6) is 0 Å². The molecule has 0 spiro atoms. The third-order valence-corrected chi connectivity index (χ3v) is 3.25. The Bertz CT molecular complexity index is 422. The van der Waals surface area contributed by atoms with Crippen molar-refractivity contribution in [2.75, 3.05) is 18.1 Å². The molecule has 1 aliphatic heterocycles. The van der Waals surface area contributed by atoms with Crippen molar-refractivity contribution in [3.05, 3.63) is 29.3 Å². The van der Waals surface area contributed by atoms with Gasteiger partial charge in [0.05, 0.1) is 24.3 Å². The summed E-state index contributed by atoms with van der Waals surface area (Å²) in [6, 6.07) is 8.28. The molecular weight excluding hydrogens is 200 g/mol. The van der Waals surface area contributed by atoms with Gasteiger partial charge < -0.3 is 10.0 Å². The number of aliphatic hydroxyl groups excluding tert-OH is 1.